The first-order valence-corrected chi connectivity index (χ1v) is 11.3. The number of likely N-dealkylation sites (tertiary alicyclic amines) is 1. The molecule has 29 heavy (non-hydrogen) atoms. The largest absolute Gasteiger partial charge is 0.338 e. The van der Waals surface area contributed by atoms with Gasteiger partial charge in [0.25, 0.3) is 5.91 Å². The summed E-state index contributed by atoms with van der Waals surface area (Å²) in [4.78, 5) is 26.2. The fraction of sp³-hybridized carbons (Fsp3) is 0.333. The standard InChI is InChI=1S/C21H23N3O4S/c25-20-6-2-11-23(20)15-16-4-1-5-17(14-16)21(26)22-18-7-9-19(10-8-18)24-12-3-13-29(24,27)28/h1,4-5,7-10,14H,2-3,6,11-13,15H2,(H,22,26). The molecular weight excluding hydrogens is 390 g/mol. The van der Waals surface area contributed by atoms with Crippen LogP contribution in [0.15, 0.2) is 48.5 Å². The second-order valence-electron chi connectivity index (χ2n) is 7.36. The SMILES string of the molecule is O=C(Nc1ccc(N2CCCS2(=O)=O)cc1)c1cccc(CN2CCCC2=O)c1. The lowest BCUT2D eigenvalue weighted by molar-refractivity contribution is -0.128. The van der Waals surface area contributed by atoms with Gasteiger partial charge in [-0.05, 0) is 54.8 Å². The van der Waals surface area contributed by atoms with E-state index in [1.165, 1.54) is 4.31 Å². The molecule has 2 aliphatic heterocycles. The van der Waals surface area contributed by atoms with Crippen LogP contribution in [0.3, 0.4) is 0 Å². The first-order chi connectivity index (χ1) is 13.9. The van der Waals surface area contributed by atoms with E-state index in [0.29, 0.717) is 42.9 Å². The van der Waals surface area contributed by atoms with E-state index in [9.17, 15) is 18.0 Å². The molecule has 2 heterocycles. The van der Waals surface area contributed by atoms with Crippen molar-refractivity contribution in [2.45, 2.75) is 25.8 Å². The van der Waals surface area contributed by atoms with Crippen molar-refractivity contribution in [3.63, 3.8) is 0 Å². The summed E-state index contributed by atoms with van der Waals surface area (Å²) in [5.41, 5.74) is 2.64. The van der Waals surface area contributed by atoms with Crippen LogP contribution in [0.1, 0.15) is 35.2 Å². The van der Waals surface area contributed by atoms with Gasteiger partial charge in [0, 0.05) is 37.3 Å². The van der Waals surface area contributed by atoms with Crippen molar-refractivity contribution >= 4 is 33.2 Å². The Balaban J connectivity index is 1.43. The third-order valence-corrected chi connectivity index (χ3v) is 7.12. The molecule has 2 aromatic rings. The molecular formula is C21H23N3O4S. The molecule has 2 amide bonds. The van der Waals surface area contributed by atoms with Crippen LogP contribution in [0.5, 0.6) is 0 Å². The minimum Gasteiger partial charge on any atom is -0.338 e. The molecule has 0 bridgehead atoms. The van der Waals surface area contributed by atoms with Crippen LogP contribution in [0, 0.1) is 0 Å². The molecule has 0 atom stereocenters. The van der Waals surface area contributed by atoms with Gasteiger partial charge in [-0.2, -0.15) is 0 Å². The van der Waals surface area contributed by atoms with Gasteiger partial charge >= 0.3 is 0 Å². The zero-order valence-electron chi connectivity index (χ0n) is 16.0. The van der Waals surface area contributed by atoms with Crippen molar-refractivity contribution in [2.24, 2.45) is 0 Å². The smallest absolute Gasteiger partial charge is 0.255 e. The average molecular weight is 413 g/mol. The summed E-state index contributed by atoms with van der Waals surface area (Å²) < 4.78 is 25.4. The van der Waals surface area contributed by atoms with Gasteiger partial charge in [-0.1, -0.05) is 12.1 Å². The molecule has 4 rings (SSSR count). The molecule has 0 unspecified atom stereocenters. The highest BCUT2D eigenvalue weighted by Crippen LogP contribution is 2.25. The minimum atomic E-state index is -3.22. The van der Waals surface area contributed by atoms with E-state index in [2.05, 4.69) is 5.32 Å². The molecule has 1 N–H and O–H groups in total. The summed E-state index contributed by atoms with van der Waals surface area (Å²) in [6.07, 6.45) is 2.10. The topological polar surface area (TPSA) is 86.8 Å². The molecule has 0 spiro atoms. The third-order valence-electron chi connectivity index (χ3n) is 5.25. The Hall–Kier alpha value is -2.87. The van der Waals surface area contributed by atoms with Crippen molar-refractivity contribution in [3.05, 3.63) is 59.7 Å². The van der Waals surface area contributed by atoms with Gasteiger partial charge in [0.1, 0.15) is 0 Å². The number of rotatable bonds is 5. The monoisotopic (exact) mass is 413 g/mol. The van der Waals surface area contributed by atoms with E-state index in [1.54, 1.807) is 36.4 Å². The number of hydrogen-bond acceptors (Lipinski definition) is 4. The zero-order chi connectivity index (χ0) is 20.4. The quantitative estimate of drug-likeness (QED) is 0.816. The maximum absolute atomic E-state index is 12.6. The van der Waals surface area contributed by atoms with Crippen LogP contribution >= 0.6 is 0 Å². The molecule has 2 fully saturated rings. The third kappa shape index (κ3) is 4.27. The maximum atomic E-state index is 12.6. The van der Waals surface area contributed by atoms with Crippen molar-refractivity contribution < 1.29 is 18.0 Å². The molecule has 152 valence electrons. The maximum Gasteiger partial charge on any atom is 0.255 e. The normalized spacial score (nSPS) is 18.3. The lowest BCUT2D eigenvalue weighted by Crippen LogP contribution is -2.25. The number of carbonyl (C=O) groups excluding carboxylic acids is 2. The fourth-order valence-electron chi connectivity index (χ4n) is 3.75. The van der Waals surface area contributed by atoms with E-state index in [4.69, 9.17) is 0 Å². The highest BCUT2D eigenvalue weighted by Gasteiger charge is 2.28. The summed E-state index contributed by atoms with van der Waals surface area (Å²) >= 11 is 0. The first-order valence-electron chi connectivity index (χ1n) is 9.71. The number of anilines is 2. The summed E-state index contributed by atoms with van der Waals surface area (Å²) in [6, 6.07) is 14.1. The molecule has 2 saturated heterocycles. The van der Waals surface area contributed by atoms with Gasteiger partial charge in [-0.25, -0.2) is 8.42 Å². The van der Waals surface area contributed by atoms with E-state index in [0.717, 1.165) is 18.5 Å². The van der Waals surface area contributed by atoms with Gasteiger partial charge < -0.3 is 10.2 Å². The van der Waals surface area contributed by atoms with Crippen LogP contribution in [-0.4, -0.2) is 44.0 Å². The number of benzene rings is 2. The Morgan fingerprint density at radius 1 is 1.03 bits per heavy atom. The van der Waals surface area contributed by atoms with Gasteiger partial charge in [-0.3, -0.25) is 13.9 Å². The Kier molecular flexibility index (Phi) is 5.27. The lowest BCUT2D eigenvalue weighted by atomic mass is 10.1. The van der Waals surface area contributed by atoms with Crippen LogP contribution in [-0.2, 0) is 21.4 Å². The Morgan fingerprint density at radius 3 is 2.48 bits per heavy atom. The predicted molar refractivity (Wildman–Crippen MR) is 111 cm³/mol. The fourth-order valence-corrected chi connectivity index (χ4v) is 5.31. The highest BCUT2D eigenvalue weighted by atomic mass is 32.2. The molecule has 0 radical (unpaired) electrons. The molecule has 2 aromatic carbocycles. The van der Waals surface area contributed by atoms with Gasteiger partial charge in [-0.15, -0.1) is 0 Å². The van der Waals surface area contributed by atoms with Crippen molar-refractivity contribution in [1.82, 2.24) is 4.90 Å². The average Bonchev–Trinajstić information content (AvgIpc) is 3.27. The number of nitrogens with one attached hydrogen (secondary N) is 1. The minimum absolute atomic E-state index is 0.153. The molecule has 0 aromatic heterocycles. The molecule has 0 saturated carbocycles. The van der Waals surface area contributed by atoms with Crippen LogP contribution in [0.4, 0.5) is 11.4 Å². The van der Waals surface area contributed by atoms with Crippen molar-refractivity contribution in [1.29, 1.82) is 0 Å². The number of sulfonamides is 1. The lowest BCUT2D eigenvalue weighted by Gasteiger charge is -2.17. The summed E-state index contributed by atoms with van der Waals surface area (Å²) in [5.74, 6) is 0.0753. The Morgan fingerprint density at radius 2 is 1.83 bits per heavy atom. The Bertz CT molecular complexity index is 1030. The number of amides is 2. The van der Waals surface area contributed by atoms with Crippen LogP contribution in [0.2, 0.25) is 0 Å². The van der Waals surface area contributed by atoms with E-state index < -0.39 is 10.0 Å². The van der Waals surface area contributed by atoms with Crippen LogP contribution < -0.4 is 9.62 Å². The molecule has 2 aliphatic rings. The summed E-state index contributed by atoms with van der Waals surface area (Å²) in [7, 11) is -3.22. The second kappa shape index (κ2) is 7.87. The highest BCUT2D eigenvalue weighted by molar-refractivity contribution is 7.93. The van der Waals surface area contributed by atoms with Gasteiger partial charge in [0.2, 0.25) is 15.9 Å². The van der Waals surface area contributed by atoms with E-state index >= 15 is 0 Å². The van der Waals surface area contributed by atoms with Crippen molar-refractivity contribution in [3.8, 4) is 0 Å². The second-order valence-corrected chi connectivity index (χ2v) is 9.37. The van der Waals surface area contributed by atoms with E-state index in [-0.39, 0.29) is 17.6 Å². The summed E-state index contributed by atoms with van der Waals surface area (Å²) in [5, 5.41) is 2.84. The number of nitrogens with zero attached hydrogens (tertiary/aromatic N) is 2. The number of carbonyl (C=O) groups is 2. The van der Waals surface area contributed by atoms with Gasteiger partial charge in [0.05, 0.1) is 11.4 Å². The molecule has 8 heteroatoms. The molecule has 0 aliphatic carbocycles. The van der Waals surface area contributed by atoms with Gasteiger partial charge in [0.15, 0.2) is 0 Å². The molecule has 7 nitrogen and oxygen atoms in total. The van der Waals surface area contributed by atoms with E-state index in [1.807, 2.05) is 17.0 Å². The first kappa shape index (κ1) is 19.4. The Labute approximate surface area is 170 Å². The number of hydrogen-bond donors (Lipinski definition) is 1. The van der Waals surface area contributed by atoms with Crippen LogP contribution in [0.25, 0.3) is 0 Å². The zero-order valence-corrected chi connectivity index (χ0v) is 16.8. The summed E-state index contributed by atoms with van der Waals surface area (Å²) in [6.45, 7) is 1.76. The predicted octanol–water partition coefficient (Wildman–Crippen LogP) is 2.60. The van der Waals surface area contributed by atoms with Crippen molar-refractivity contribution in [2.75, 3.05) is 28.5 Å².